The number of rotatable bonds is 4. The molecule has 0 saturated carbocycles. The molecule has 1 aliphatic rings. The van der Waals surface area contributed by atoms with Crippen LogP contribution < -0.4 is 9.64 Å². The molecule has 5 rings (SSSR count). The molecule has 1 aliphatic heterocycles. The Morgan fingerprint density at radius 2 is 1.76 bits per heavy atom. The van der Waals surface area contributed by atoms with Crippen LogP contribution in [-0.2, 0) is 9.59 Å². The summed E-state index contributed by atoms with van der Waals surface area (Å²) in [6, 6.07) is 18.6. The number of aromatic nitrogens is 1. The summed E-state index contributed by atoms with van der Waals surface area (Å²) in [5.74, 6) is -1.91. The van der Waals surface area contributed by atoms with Crippen LogP contribution in [0, 0.1) is 12.7 Å². The molecule has 0 aliphatic carbocycles. The number of halogens is 1. The topological polar surface area (TPSA) is 82.6 Å². The summed E-state index contributed by atoms with van der Waals surface area (Å²) in [6.07, 6.45) is 0. The number of nitrogens with zero attached hydrogens (tertiary/aromatic N) is 1. The van der Waals surface area contributed by atoms with Gasteiger partial charge in [0.05, 0.1) is 18.7 Å². The average molecular weight is 456 g/mol. The van der Waals surface area contributed by atoms with Crippen LogP contribution in [0.2, 0.25) is 0 Å². The Hall–Kier alpha value is -4.39. The van der Waals surface area contributed by atoms with E-state index in [0.717, 1.165) is 16.6 Å². The number of benzene rings is 3. The second-order valence-corrected chi connectivity index (χ2v) is 8.09. The van der Waals surface area contributed by atoms with Crippen LogP contribution in [-0.4, -0.2) is 28.9 Å². The third-order valence-corrected chi connectivity index (χ3v) is 6.11. The molecule has 3 aromatic carbocycles. The highest BCUT2D eigenvalue weighted by Crippen LogP contribution is 2.45. The lowest BCUT2D eigenvalue weighted by molar-refractivity contribution is -0.132. The minimum atomic E-state index is -0.909. The number of aliphatic hydroxyl groups excluding tert-OH is 1. The number of methoxy groups -OCH3 is 1. The second kappa shape index (κ2) is 8.19. The minimum absolute atomic E-state index is 0.0627. The van der Waals surface area contributed by atoms with E-state index in [2.05, 4.69) is 4.98 Å². The van der Waals surface area contributed by atoms with E-state index < -0.39 is 23.5 Å². The average Bonchev–Trinajstić information content (AvgIpc) is 3.31. The molecule has 4 aromatic rings. The zero-order valence-corrected chi connectivity index (χ0v) is 18.5. The number of hydrogen-bond donors (Lipinski definition) is 2. The van der Waals surface area contributed by atoms with Gasteiger partial charge in [-0.05, 0) is 49.4 Å². The predicted molar refractivity (Wildman–Crippen MR) is 127 cm³/mol. The highest BCUT2D eigenvalue weighted by atomic mass is 19.1. The van der Waals surface area contributed by atoms with Crippen LogP contribution in [0.5, 0.6) is 5.75 Å². The molecule has 0 radical (unpaired) electrons. The van der Waals surface area contributed by atoms with Crippen LogP contribution in [0.25, 0.3) is 16.7 Å². The van der Waals surface area contributed by atoms with Gasteiger partial charge in [0, 0.05) is 39.5 Å². The number of aryl methyl sites for hydroxylation is 1. The summed E-state index contributed by atoms with van der Waals surface area (Å²) >= 11 is 0. The van der Waals surface area contributed by atoms with Crippen LogP contribution >= 0.6 is 0 Å². The van der Waals surface area contributed by atoms with Crippen molar-refractivity contribution in [2.24, 2.45) is 0 Å². The van der Waals surface area contributed by atoms with Gasteiger partial charge in [0.1, 0.15) is 17.3 Å². The van der Waals surface area contributed by atoms with Crippen LogP contribution in [0.3, 0.4) is 0 Å². The van der Waals surface area contributed by atoms with E-state index in [1.54, 1.807) is 24.3 Å². The first kappa shape index (κ1) is 21.5. The Bertz CT molecular complexity index is 1470. The maximum absolute atomic E-state index is 13.5. The molecule has 1 saturated heterocycles. The Morgan fingerprint density at radius 3 is 2.50 bits per heavy atom. The third-order valence-electron chi connectivity index (χ3n) is 6.11. The van der Waals surface area contributed by atoms with Gasteiger partial charge in [-0.25, -0.2) is 4.39 Å². The largest absolute Gasteiger partial charge is 0.507 e. The number of aliphatic hydroxyl groups is 1. The number of Topliss-reactive ketones (excluding diaryl/α,β-unsaturated/α-hetero) is 1. The fourth-order valence-electron chi connectivity index (χ4n) is 4.55. The number of anilines is 1. The van der Waals surface area contributed by atoms with Gasteiger partial charge < -0.3 is 14.8 Å². The summed E-state index contributed by atoms with van der Waals surface area (Å²) in [4.78, 5) is 31.4. The second-order valence-electron chi connectivity index (χ2n) is 8.09. The van der Waals surface area contributed by atoms with Crippen molar-refractivity contribution in [3.8, 4) is 5.75 Å². The molecule has 2 N–H and O–H groups in total. The van der Waals surface area contributed by atoms with Crippen molar-refractivity contribution >= 4 is 34.0 Å². The lowest BCUT2D eigenvalue weighted by Gasteiger charge is -2.26. The van der Waals surface area contributed by atoms with Crippen molar-refractivity contribution in [3.05, 3.63) is 101 Å². The number of para-hydroxylation sites is 1. The van der Waals surface area contributed by atoms with Gasteiger partial charge in [-0.15, -0.1) is 0 Å². The smallest absolute Gasteiger partial charge is 0.300 e. The molecule has 1 unspecified atom stereocenters. The van der Waals surface area contributed by atoms with Gasteiger partial charge in [0.25, 0.3) is 11.7 Å². The molecule has 0 bridgehead atoms. The molecule has 1 aromatic heterocycles. The van der Waals surface area contributed by atoms with Crippen molar-refractivity contribution < 1.29 is 23.8 Å². The minimum Gasteiger partial charge on any atom is -0.507 e. The van der Waals surface area contributed by atoms with Gasteiger partial charge in [0.2, 0.25) is 0 Å². The van der Waals surface area contributed by atoms with Gasteiger partial charge in [-0.2, -0.15) is 0 Å². The number of nitrogens with one attached hydrogen (secondary N) is 1. The summed E-state index contributed by atoms with van der Waals surface area (Å²) < 4.78 is 18.8. The number of fused-ring (bicyclic) bond motifs is 1. The maximum Gasteiger partial charge on any atom is 0.300 e. The van der Waals surface area contributed by atoms with Gasteiger partial charge in [-0.1, -0.05) is 24.3 Å². The predicted octanol–water partition coefficient (Wildman–Crippen LogP) is 5.25. The SMILES string of the molecule is COc1cccc(N2C(=O)C(=O)/C(=C(/O)c3ccc(F)cc3)C2c2c(C)[nH]c3ccccc23)c1. The normalized spacial score (nSPS) is 17.5. The third kappa shape index (κ3) is 3.33. The number of amides is 1. The number of ether oxygens (including phenoxy) is 1. The Balaban J connectivity index is 1.81. The summed E-state index contributed by atoms with van der Waals surface area (Å²) in [5, 5.41) is 12.0. The number of ketones is 1. The van der Waals surface area contributed by atoms with E-state index in [0.29, 0.717) is 17.0 Å². The molecule has 6 nitrogen and oxygen atoms in total. The molecule has 34 heavy (non-hydrogen) atoms. The van der Waals surface area contributed by atoms with E-state index in [9.17, 15) is 19.1 Å². The van der Waals surface area contributed by atoms with Crippen molar-refractivity contribution in [1.29, 1.82) is 0 Å². The molecule has 1 amide bonds. The van der Waals surface area contributed by atoms with E-state index in [1.807, 2.05) is 31.2 Å². The number of aromatic amines is 1. The van der Waals surface area contributed by atoms with E-state index in [-0.39, 0.29) is 16.9 Å². The van der Waals surface area contributed by atoms with Crippen LogP contribution in [0.4, 0.5) is 10.1 Å². The highest BCUT2D eigenvalue weighted by molar-refractivity contribution is 6.52. The van der Waals surface area contributed by atoms with E-state index in [1.165, 1.54) is 36.3 Å². The molecular weight excluding hydrogens is 435 g/mol. The molecule has 2 heterocycles. The fraction of sp³-hybridized carbons (Fsp3) is 0.111. The first-order valence-electron chi connectivity index (χ1n) is 10.7. The quantitative estimate of drug-likeness (QED) is 0.250. The number of carbonyl (C=O) groups excluding carboxylic acids is 2. The summed E-state index contributed by atoms with van der Waals surface area (Å²) in [7, 11) is 1.52. The first-order chi connectivity index (χ1) is 16.4. The van der Waals surface area contributed by atoms with Crippen molar-refractivity contribution in [1.82, 2.24) is 4.98 Å². The standard InChI is InChI=1S/C27H21FN2O4/c1-15-22(20-8-3-4-9-21(20)29-15)24-23(25(31)16-10-12-17(28)13-11-16)26(32)27(33)30(24)18-6-5-7-19(14-18)34-2/h3-14,24,29,31H,1-2H3/b25-23+. The molecule has 170 valence electrons. The number of hydrogen-bond acceptors (Lipinski definition) is 4. The van der Waals surface area contributed by atoms with Crippen LogP contribution in [0.1, 0.15) is 22.9 Å². The lowest BCUT2D eigenvalue weighted by atomic mass is 9.93. The van der Waals surface area contributed by atoms with Crippen molar-refractivity contribution in [2.45, 2.75) is 13.0 Å². The Kier molecular flexibility index (Phi) is 5.17. The molecule has 7 heteroatoms. The molecule has 0 spiro atoms. The van der Waals surface area contributed by atoms with Crippen molar-refractivity contribution in [2.75, 3.05) is 12.0 Å². The Labute approximate surface area is 194 Å². The van der Waals surface area contributed by atoms with Gasteiger partial charge in [0.15, 0.2) is 0 Å². The molecule has 1 fully saturated rings. The summed E-state index contributed by atoms with van der Waals surface area (Å²) in [5.41, 5.74) is 2.93. The number of carbonyl (C=O) groups is 2. The van der Waals surface area contributed by atoms with Gasteiger partial charge in [-0.3, -0.25) is 14.5 Å². The highest BCUT2D eigenvalue weighted by Gasteiger charge is 2.48. The van der Waals surface area contributed by atoms with Crippen molar-refractivity contribution in [3.63, 3.8) is 0 Å². The van der Waals surface area contributed by atoms with Crippen LogP contribution in [0.15, 0.2) is 78.4 Å². The first-order valence-corrected chi connectivity index (χ1v) is 10.7. The molecular formula is C27H21FN2O4. The van der Waals surface area contributed by atoms with Gasteiger partial charge >= 0.3 is 0 Å². The van der Waals surface area contributed by atoms with E-state index >= 15 is 0 Å². The molecule has 1 atom stereocenters. The fourth-order valence-corrected chi connectivity index (χ4v) is 4.55. The lowest BCUT2D eigenvalue weighted by Crippen LogP contribution is -2.29. The monoisotopic (exact) mass is 456 g/mol. The number of H-pyrrole nitrogens is 1. The zero-order chi connectivity index (χ0) is 24.0. The zero-order valence-electron chi connectivity index (χ0n) is 18.5. The Morgan fingerprint density at radius 1 is 1.03 bits per heavy atom. The summed E-state index contributed by atoms with van der Waals surface area (Å²) in [6.45, 7) is 1.86. The maximum atomic E-state index is 13.5. The van der Waals surface area contributed by atoms with E-state index in [4.69, 9.17) is 4.74 Å².